The Bertz CT molecular complexity index is 892. The Morgan fingerprint density at radius 2 is 1.10 bits per heavy atom. The molecule has 0 aromatic carbocycles. The maximum Gasteiger partial charge on any atom is 0.534 e. The van der Waals surface area contributed by atoms with E-state index < -0.39 is 41.9 Å². The molecule has 0 aliphatic carbocycles. The molecule has 0 aromatic heterocycles. The number of nitrogens with zero attached hydrogens (tertiary/aromatic N) is 1. The highest BCUT2D eigenvalue weighted by Gasteiger charge is 2.31. The van der Waals surface area contributed by atoms with Crippen molar-refractivity contribution in [2.75, 3.05) is 37.4 Å². The van der Waals surface area contributed by atoms with Crippen LogP contribution in [0.1, 0.15) is 89.5 Å². The van der Waals surface area contributed by atoms with Crippen LogP contribution in [-0.4, -0.2) is 76.2 Å². The second-order valence-corrected chi connectivity index (χ2v) is 17.6. The Hall–Kier alpha value is -1.27. The molecule has 0 aliphatic heterocycles. The van der Waals surface area contributed by atoms with E-state index in [1.165, 1.54) is 0 Å². The molecule has 0 unspecified atom stereocenters. The summed E-state index contributed by atoms with van der Waals surface area (Å²) >= 11 is 2.16. The SMILES string of the molecule is CC(C)(C)OC(=O)ON(CCCP(=O)(OCCSC(=O)C(C)(C)C)OCCSC(=O)C(C)(C)C)C(=O)OC(C)(C)C. The Kier molecular flexibility index (Phi) is 16.0. The minimum atomic E-state index is -3.72. The lowest BCUT2D eigenvalue weighted by Crippen LogP contribution is -2.40. The zero-order valence-electron chi connectivity index (χ0n) is 26.7. The van der Waals surface area contributed by atoms with Crippen LogP contribution in [-0.2, 0) is 37.5 Å². The maximum atomic E-state index is 13.6. The van der Waals surface area contributed by atoms with Gasteiger partial charge in [0, 0.05) is 22.3 Å². The number of thioether (sulfide) groups is 2. The van der Waals surface area contributed by atoms with E-state index in [4.69, 9.17) is 23.4 Å². The number of amides is 1. The average molecular weight is 644 g/mol. The van der Waals surface area contributed by atoms with Gasteiger partial charge in [-0.25, -0.2) is 9.59 Å². The van der Waals surface area contributed by atoms with Gasteiger partial charge in [-0.1, -0.05) is 65.1 Å². The summed E-state index contributed by atoms with van der Waals surface area (Å²) in [7, 11) is -3.72. The fraction of sp³-hybridized carbons (Fsp3) is 0.852. The third-order valence-corrected chi connectivity index (χ3v) is 8.90. The Morgan fingerprint density at radius 3 is 1.46 bits per heavy atom. The van der Waals surface area contributed by atoms with Gasteiger partial charge in [0.15, 0.2) is 10.2 Å². The van der Waals surface area contributed by atoms with E-state index in [0.29, 0.717) is 5.06 Å². The van der Waals surface area contributed by atoms with E-state index >= 15 is 0 Å². The lowest BCUT2D eigenvalue weighted by molar-refractivity contribution is -0.135. The van der Waals surface area contributed by atoms with Gasteiger partial charge in [0.1, 0.15) is 11.2 Å². The lowest BCUT2D eigenvalue weighted by atomic mass is 9.99. The van der Waals surface area contributed by atoms with Crippen LogP contribution in [0.15, 0.2) is 0 Å². The molecular formula is C27H50NO10PS2. The first-order chi connectivity index (χ1) is 18.3. The molecule has 0 spiro atoms. The van der Waals surface area contributed by atoms with E-state index in [0.717, 1.165) is 23.5 Å². The highest BCUT2D eigenvalue weighted by Crippen LogP contribution is 2.49. The van der Waals surface area contributed by atoms with Gasteiger partial charge in [0.05, 0.1) is 25.9 Å². The predicted molar refractivity (Wildman–Crippen MR) is 163 cm³/mol. The van der Waals surface area contributed by atoms with Crippen LogP contribution in [0.5, 0.6) is 0 Å². The van der Waals surface area contributed by atoms with Crippen LogP contribution < -0.4 is 0 Å². The molecule has 240 valence electrons. The lowest BCUT2D eigenvalue weighted by Gasteiger charge is -2.27. The van der Waals surface area contributed by atoms with Crippen molar-refractivity contribution in [3.05, 3.63) is 0 Å². The van der Waals surface area contributed by atoms with Crippen LogP contribution in [0.2, 0.25) is 0 Å². The Labute approximate surface area is 254 Å². The molecule has 0 fully saturated rings. The number of carbonyl (C=O) groups is 4. The third-order valence-electron chi connectivity index (χ3n) is 4.40. The number of carbonyl (C=O) groups excluding carboxylic acids is 4. The zero-order chi connectivity index (χ0) is 32.3. The summed E-state index contributed by atoms with van der Waals surface area (Å²) in [6.45, 7) is 20.6. The second-order valence-electron chi connectivity index (χ2n) is 13.3. The molecule has 0 N–H and O–H groups in total. The summed E-state index contributed by atoms with van der Waals surface area (Å²) in [4.78, 5) is 54.4. The molecule has 11 nitrogen and oxygen atoms in total. The van der Waals surface area contributed by atoms with Crippen molar-refractivity contribution in [3.63, 3.8) is 0 Å². The highest BCUT2D eigenvalue weighted by atomic mass is 32.2. The average Bonchev–Trinajstić information content (AvgIpc) is 2.75. The summed E-state index contributed by atoms with van der Waals surface area (Å²) in [5, 5.41) is 0.654. The zero-order valence-corrected chi connectivity index (χ0v) is 29.3. The smallest absolute Gasteiger partial charge is 0.442 e. The van der Waals surface area contributed by atoms with Gasteiger partial charge in [-0.05, 0) is 48.0 Å². The molecule has 0 heterocycles. The molecular weight excluding hydrogens is 593 g/mol. The topological polar surface area (TPSA) is 135 Å². The summed E-state index contributed by atoms with van der Waals surface area (Å²) < 4.78 is 35.3. The molecule has 0 radical (unpaired) electrons. The summed E-state index contributed by atoms with van der Waals surface area (Å²) in [5.41, 5.74) is -2.77. The Morgan fingerprint density at radius 1 is 0.683 bits per heavy atom. The summed E-state index contributed by atoms with van der Waals surface area (Å²) in [5.74, 6) is 0.541. The second kappa shape index (κ2) is 16.5. The van der Waals surface area contributed by atoms with E-state index in [9.17, 15) is 23.7 Å². The van der Waals surface area contributed by atoms with Crippen molar-refractivity contribution < 1.29 is 47.1 Å². The van der Waals surface area contributed by atoms with Crippen molar-refractivity contribution in [2.24, 2.45) is 10.8 Å². The monoisotopic (exact) mass is 643 g/mol. The molecule has 0 saturated carbocycles. The number of hydrogen-bond donors (Lipinski definition) is 0. The quantitative estimate of drug-likeness (QED) is 0.0912. The van der Waals surface area contributed by atoms with Gasteiger partial charge in [-0.2, -0.15) is 0 Å². The molecule has 0 atom stereocenters. The molecule has 0 saturated heterocycles. The van der Waals surface area contributed by atoms with Crippen LogP contribution in [0.4, 0.5) is 9.59 Å². The Balaban J connectivity index is 5.42. The molecule has 1 amide bonds. The first kappa shape index (κ1) is 39.7. The van der Waals surface area contributed by atoms with Crippen molar-refractivity contribution in [2.45, 2.75) is 101 Å². The van der Waals surface area contributed by atoms with Gasteiger partial charge in [-0.3, -0.25) is 14.2 Å². The van der Waals surface area contributed by atoms with Crippen LogP contribution in [0, 0.1) is 10.8 Å². The van der Waals surface area contributed by atoms with Crippen molar-refractivity contribution in [1.29, 1.82) is 0 Å². The van der Waals surface area contributed by atoms with Gasteiger partial charge in [0.2, 0.25) is 0 Å². The van der Waals surface area contributed by atoms with Crippen molar-refractivity contribution in [3.8, 4) is 0 Å². The minimum Gasteiger partial charge on any atom is -0.442 e. The molecule has 0 bridgehead atoms. The van der Waals surface area contributed by atoms with Gasteiger partial charge >= 0.3 is 19.8 Å². The highest BCUT2D eigenvalue weighted by molar-refractivity contribution is 8.14. The molecule has 41 heavy (non-hydrogen) atoms. The number of ether oxygens (including phenoxy) is 2. The van der Waals surface area contributed by atoms with E-state index in [2.05, 4.69) is 0 Å². The van der Waals surface area contributed by atoms with Crippen molar-refractivity contribution in [1.82, 2.24) is 5.06 Å². The van der Waals surface area contributed by atoms with E-state index in [1.807, 2.05) is 41.5 Å². The first-order valence-corrected chi connectivity index (χ1v) is 17.2. The maximum absolute atomic E-state index is 13.6. The summed E-state index contributed by atoms with van der Waals surface area (Å²) in [6, 6.07) is 0. The minimum absolute atomic E-state index is 0.0119. The van der Waals surface area contributed by atoms with Crippen LogP contribution >= 0.6 is 31.1 Å². The first-order valence-electron chi connectivity index (χ1n) is 13.5. The summed E-state index contributed by atoms with van der Waals surface area (Å²) in [6.07, 6.45) is -2.09. The van der Waals surface area contributed by atoms with E-state index in [1.54, 1.807) is 41.5 Å². The van der Waals surface area contributed by atoms with Gasteiger partial charge in [-0.15, -0.1) is 5.06 Å². The number of hydroxylamine groups is 2. The van der Waals surface area contributed by atoms with E-state index in [-0.39, 0.29) is 54.1 Å². The fourth-order valence-electron chi connectivity index (χ4n) is 2.47. The van der Waals surface area contributed by atoms with Gasteiger partial charge < -0.3 is 23.4 Å². The predicted octanol–water partition coefficient (Wildman–Crippen LogP) is 7.32. The third kappa shape index (κ3) is 19.5. The van der Waals surface area contributed by atoms with Crippen molar-refractivity contribution >= 4 is 53.6 Å². The largest absolute Gasteiger partial charge is 0.534 e. The van der Waals surface area contributed by atoms with Gasteiger partial charge in [0.25, 0.3) is 0 Å². The van der Waals surface area contributed by atoms with Crippen LogP contribution in [0.25, 0.3) is 0 Å². The molecule has 14 heteroatoms. The fourth-order valence-corrected chi connectivity index (χ4v) is 5.89. The molecule has 0 aromatic rings. The normalized spacial score (nSPS) is 13.0. The number of rotatable bonds is 12. The standard InChI is InChI=1S/C27H50NO10PS2/c1-24(2,3)20(29)40-18-15-34-39(33,35-16-19-41-21(30)25(4,5)6)17-13-14-28(22(31)36-26(7,8)9)38-23(32)37-27(10,11)12/h13-19H2,1-12H3. The molecule has 0 rings (SSSR count). The molecule has 0 aliphatic rings. The van der Waals surface area contributed by atoms with Crippen LogP contribution in [0.3, 0.4) is 0 Å². The number of hydrogen-bond acceptors (Lipinski definition) is 12.